The molecule has 2 saturated carbocycles. The minimum atomic E-state index is -0.0705. The summed E-state index contributed by atoms with van der Waals surface area (Å²) in [6, 6.07) is 4.01. The minimum Gasteiger partial charge on any atom is -0.299 e. The van der Waals surface area contributed by atoms with Crippen LogP contribution in [0.5, 0.6) is 0 Å². The maximum Gasteiger partial charge on any atom is 0.205 e. The highest BCUT2D eigenvalue weighted by Gasteiger charge is 2.54. The molecule has 0 radical (unpaired) electrons. The second-order valence-electron chi connectivity index (χ2n) is 7.41. The van der Waals surface area contributed by atoms with Gasteiger partial charge in [0.25, 0.3) is 0 Å². The molecule has 3 unspecified atom stereocenters. The van der Waals surface area contributed by atoms with E-state index in [-0.39, 0.29) is 5.41 Å². The van der Waals surface area contributed by atoms with Crippen LogP contribution in [0.15, 0.2) is 12.1 Å². The molecule has 0 saturated heterocycles. The van der Waals surface area contributed by atoms with Crippen LogP contribution in [0.2, 0.25) is 5.02 Å². The molecule has 4 atom stereocenters. The van der Waals surface area contributed by atoms with E-state index in [4.69, 9.17) is 18.2 Å². The second kappa shape index (κ2) is 4.83. The van der Waals surface area contributed by atoms with Crippen molar-refractivity contribution in [3.05, 3.63) is 39.7 Å². The van der Waals surface area contributed by atoms with Crippen molar-refractivity contribution < 1.29 is 4.79 Å². The Morgan fingerprint density at radius 2 is 2.09 bits per heavy atom. The van der Waals surface area contributed by atoms with Gasteiger partial charge in [-0.3, -0.25) is 4.79 Å². The molecule has 114 valence electrons. The summed E-state index contributed by atoms with van der Waals surface area (Å²) in [4.78, 5) is 15.9. The number of hydrogen-bond acceptors (Lipinski definition) is 1. The van der Waals surface area contributed by atoms with Crippen molar-refractivity contribution in [1.29, 1.82) is 0 Å². The minimum absolute atomic E-state index is 0.0705. The zero-order valence-electron chi connectivity index (χ0n) is 12.9. The summed E-state index contributed by atoms with van der Waals surface area (Å²) in [5, 5.41) is 0.668. The van der Waals surface area contributed by atoms with Crippen LogP contribution in [0, 0.1) is 23.8 Å². The molecule has 3 aliphatic carbocycles. The van der Waals surface area contributed by atoms with Gasteiger partial charge < -0.3 is 0 Å². The molecule has 3 aliphatic rings. The first-order valence-electron chi connectivity index (χ1n) is 8.28. The van der Waals surface area contributed by atoms with Gasteiger partial charge in [-0.25, -0.2) is 4.85 Å². The van der Waals surface area contributed by atoms with Crippen LogP contribution in [0.1, 0.15) is 56.1 Å². The third-order valence-electron chi connectivity index (χ3n) is 6.65. The topological polar surface area (TPSA) is 21.4 Å². The summed E-state index contributed by atoms with van der Waals surface area (Å²) in [5.41, 5.74) is 3.06. The van der Waals surface area contributed by atoms with Crippen molar-refractivity contribution in [1.82, 2.24) is 0 Å². The molecule has 2 nitrogen and oxygen atoms in total. The van der Waals surface area contributed by atoms with Gasteiger partial charge in [0.05, 0.1) is 11.6 Å². The molecule has 0 aromatic heterocycles. The Morgan fingerprint density at radius 1 is 1.27 bits per heavy atom. The number of carbonyl (C=O) groups excluding carboxylic acids is 1. The van der Waals surface area contributed by atoms with Crippen molar-refractivity contribution in [2.24, 2.45) is 17.3 Å². The standard InChI is InChI=1S/C19H20ClNO/c1-19-10-9-12-11-5-7-16(21-2)18(20)14(11)4-3-13(12)15(19)6-8-17(19)22/h5,7,12-13,15H,3-4,6,8-10H2,1H3/t12?,13?,15?,19-/m0/s1. The van der Waals surface area contributed by atoms with Crippen LogP contribution in [-0.4, -0.2) is 5.78 Å². The Labute approximate surface area is 136 Å². The maximum absolute atomic E-state index is 12.3. The summed E-state index contributed by atoms with van der Waals surface area (Å²) in [6.45, 7) is 9.43. The SMILES string of the molecule is [C-]#[N+]c1ccc2c(c1Cl)CCC1C2CC[C@]2(C)C(=O)CCC12. The first kappa shape index (κ1) is 14.3. The average Bonchev–Trinajstić information content (AvgIpc) is 2.83. The number of benzene rings is 1. The maximum atomic E-state index is 12.3. The van der Waals surface area contributed by atoms with Gasteiger partial charge in [0.2, 0.25) is 5.69 Å². The number of rotatable bonds is 0. The van der Waals surface area contributed by atoms with E-state index < -0.39 is 0 Å². The van der Waals surface area contributed by atoms with Crippen molar-refractivity contribution in [3.8, 4) is 0 Å². The second-order valence-corrected chi connectivity index (χ2v) is 7.79. The Kier molecular flexibility index (Phi) is 3.13. The quantitative estimate of drug-likeness (QED) is 0.594. The van der Waals surface area contributed by atoms with Gasteiger partial charge in [-0.2, -0.15) is 0 Å². The van der Waals surface area contributed by atoms with Crippen LogP contribution < -0.4 is 0 Å². The lowest BCUT2D eigenvalue weighted by molar-refractivity contribution is -0.129. The van der Waals surface area contributed by atoms with E-state index in [1.807, 2.05) is 6.07 Å². The zero-order valence-corrected chi connectivity index (χ0v) is 13.6. The Bertz CT molecular complexity index is 704. The number of hydrogen-bond donors (Lipinski definition) is 0. The molecule has 0 N–H and O–H groups in total. The third-order valence-corrected chi connectivity index (χ3v) is 7.07. The van der Waals surface area contributed by atoms with Gasteiger partial charge in [0.15, 0.2) is 0 Å². The van der Waals surface area contributed by atoms with Crippen molar-refractivity contribution in [3.63, 3.8) is 0 Å². The van der Waals surface area contributed by atoms with Crippen LogP contribution in [0.3, 0.4) is 0 Å². The van der Waals surface area contributed by atoms with E-state index >= 15 is 0 Å². The molecule has 1 aromatic rings. The predicted octanol–water partition coefficient (Wildman–Crippen LogP) is 5.32. The summed E-state index contributed by atoms with van der Waals surface area (Å²) in [5.74, 6) is 2.19. The normalized spacial score (nSPS) is 36.2. The molecule has 0 bridgehead atoms. The molecule has 22 heavy (non-hydrogen) atoms. The largest absolute Gasteiger partial charge is 0.299 e. The fourth-order valence-corrected chi connectivity index (χ4v) is 5.78. The summed E-state index contributed by atoms with van der Waals surface area (Å²) in [7, 11) is 0. The molecule has 2 fully saturated rings. The average molecular weight is 314 g/mol. The highest BCUT2D eigenvalue weighted by Crippen LogP contribution is 2.60. The van der Waals surface area contributed by atoms with Gasteiger partial charge in [0, 0.05) is 11.8 Å². The number of Topliss-reactive ketones (excluding diaryl/α,β-unsaturated/α-hetero) is 1. The summed E-state index contributed by atoms with van der Waals surface area (Å²) >= 11 is 6.45. The first-order valence-corrected chi connectivity index (χ1v) is 8.66. The summed E-state index contributed by atoms with van der Waals surface area (Å²) in [6.07, 6.45) is 6.02. The smallest absolute Gasteiger partial charge is 0.205 e. The van der Waals surface area contributed by atoms with Gasteiger partial charge in [0.1, 0.15) is 5.78 Å². The molecule has 0 aliphatic heterocycles. The van der Waals surface area contributed by atoms with Crippen molar-refractivity contribution in [2.75, 3.05) is 0 Å². The highest BCUT2D eigenvalue weighted by molar-refractivity contribution is 6.34. The molecule has 4 rings (SSSR count). The molecule has 1 aromatic carbocycles. The number of nitrogens with zero attached hydrogens (tertiary/aromatic N) is 1. The Balaban J connectivity index is 1.75. The number of carbonyl (C=O) groups is 1. The molecule has 0 amide bonds. The van der Waals surface area contributed by atoms with Crippen molar-refractivity contribution >= 4 is 23.1 Å². The first-order chi connectivity index (χ1) is 10.6. The van der Waals surface area contributed by atoms with Crippen LogP contribution in [-0.2, 0) is 11.2 Å². The third kappa shape index (κ3) is 1.75. The number of fused-ring (bicyclic) bond motifs is 5. The van der Waals surface area contributed by atoms with E-state index in [0.29, 0.717) is 34.2 Å². The molecule has 3 heteroatoms. The molecular formula is C19H20ClNO. The van der Waals surface area contributed by atoms with Crippen LogP contribution >= 0.6 is 11.6 Å². The fraction of sp³-hybridized carbons (Fsp3) is 0.579. The van der Waals surface area contributed by atoms with Gasteiger partial charge in [-0.1, -0.05) is 30.7 Å². The lowest BCUT2D eigenvalue weighted by atomic mass is 9.55. The van der Waals surface area contributed by atoms with E-state index in [2.05, 4.69) is 17.8 Å². The monoisotopic (exact) mass is 313 g/mol. The Hall–Kier alpha value is -1.33. The van der Waals surface area contributed by atoms with E-state index in [9.17, 15) is 4.79 Å². The van der Waals surface area contributed by atoms with Gasteiger partial charge in [-0.05, 0) is 61.0 Å². The predicted molar refractivity (Wildman–Crippen MR) is 87.3 cm³/mol. The lowest BCUT2D eigenvalue weighted by Crippen LogP contribution is -2.42. The van der Waals surface area contributed by atoms with Crippen molar-refractivity contribution in [2.45, 2.75) is 51.4 Å². The van der Waals surface area contributed by atoms with E-state index in [1.54, 1.807) is 0 Å². The summed E-state index contributed by atoms with van der Waals surface area (Å²) < 4.78 is 0. The zero-order chi connectivity index (χ0) is 15.5. The van der Waals surface area contributed by atoms with Gasteiger partial charge in [-0.15, -0.1) is 0 Å². The van der Waals surface area contributed by atoms with E-state index in [0.717, 1.165) is 38.5 Å². The van der Waals surface area contributed by atoms with Crippen LogP contribution in [0.4, 0.5) is 5.69 Å². The van der Waals surface area contributed by atoms with Crippen LogP contribution in [0.25, 0.3) is 4.85 Å². The Morgan fingerprint density at radius 3 is 2.86 bits per heavy atom. The van der Waals surface area contributed by atoms with E-state index in [1.165, 1.54) is 11.1 Å². The molecule has 0 heterocycles. The van der Waals surface area contributed by atoms with Gasteiger partial charge >= 0.3 is 0 Å². The fourth-order valence-electron chi connectivity index (χ4n) is 5.47. The molecular weight excluding hydrogens is 294 g/mol. The molecule has 0 spiro atoms. The number of halogens is 1. The lowest BCUT2D eigenvalue weighted by Gasteiger charge is -2.48. The highest BCUT2D eigenvalue weighted by atomic mass is 35.5. The number of ketones is 1.